The van der Waals surface area contributed by atoms with Crippen LogP contribution < -0.4 is 5.73 Å². The first-order chi connectivity index (χ1) is 8.79. The molecule has 0 unspecified atom stereocenters. The molecule has 6 heteroatoms. The first kappa shape index (κ1) is 13.5. The van der Waals surface area contributed by atoms with Gasteiger partial charge in [-0.05, 0) is 12.0 Å². The van der Waals surface area contributed by atoms with Gasteiger partial charge in [0.15, 0.2) is 0 Å². The minimum atomic E-state index is -0.651. The lowest BCUT2D eigenvalue weighted by atomic mass is 9.93. The van der Waals surface area contributed by atoms with Crippen molar-refractivity contribution in [2.45, 2.75) is 33.7 Å². The third-order valence-electron chi connectivity index (χ3n) is 3.10. The number of nitrogens with two attached hydrogens (primary N) is 1. The Morgan fingerprint density at radius 3 is 2.63 bits per heavy atom. The molecule has 1 aromatic rings. The standard InChI is InChI=1S/C13H18N4O2/c1-13(2,3)12(19)17-5-4-8-6-15-11(10(14)18)16-9(8)7-17/h6H,4-5,7H2,1-3H3,(H2,14,18). The number of carbonyl (C=O) groups is 2. The van der Waals surface area contributed by atoms with Crippen LogP contribution in [0.2, 0.25) is 0 Å². The number of amides is 2. The van der Waals surface area contributed by atoms with Crippen LogP contribution in [0.3, 0.4) is 0 Å². The predicted octanol–water partition coefficient (Wildman–Crippen LogP) is 0.506. The SMILES string of the molecule is CC(C)(C)C(=O)N1CCc2cnc(C(N)=O)nc2C1. The number of fused-ring (bicyclic) bond motifs is 1. The molecule has 102 valence electrons. The van der Waals surface area contributed by atoms with E-state index in [1.807, 2.05) is 20.8 Å². The fourth-order valence-corrected chi connectivity index (χ4v) is 2.07. The lowest BCUT2D eigenvalue weighted by Crippen LogP contribution is -2.42. The molecule has 0 spiro atoms. The molecule has 0 bridgehead atoms. The average Bonchev–Trinajstić information content (AvgIpc) is 2.35. The van der Waals surface area contributed by atoms with Crippen molar-refractivity contribution in [3.05, 3.63) is 23.3 Å². The fraction of sp³-hybridized carbons (Fsp3) is 0.538. The normalized spacial score (nSPS) is 15.0. The Hall–Kier alpha value is -1.98. The van der Waals surface area contributed by atoms with Crippen LogP contribution in [0, 0.1) is 5.41 Å². The highest BCUT2D eigenvalue weighted by Gasteiger charge is 2.30. The maximum Gasteiger partial charge on any atom is 0.286 e. The van der Waals surface area contributed by atoms with E-state index >= 15 is 0 Å². The molecule has 2 rings (SSSR count). The number of rotatable bonds is 1. The minimum absolute atomic E-state index is 0.00353. The quantitative estimate of drug-likeness (QED) is 0.798. The Kier molecular flexibility index (Phi) is 3.26. The Morgan fingerprint density at radius 2 is 2.05 bits per heavy atom. The highest BCUT2D eigenvalue weighted by Crippen LogP contribution is 2.23. The largest absolute Gasteiger partial charge is 0.363 e. The van der Waals surface area contributed by atoms with Gasteiger partial charge in [-0.2, -0.15) is 0 Å². The molecule has 1 aliphatic heterocycles. The molecule has 1 aliphatic rings. The van der Waals surface area contributed by atoms with Gasteiger partial charge >= 0.3 is 0 Å². The van der Waals surface area contributed by atoms with Gasteiger partial charge in [-0.25, -0.2) is 9.97 Å². The van der Waals surface area contributed by atoms with Crippen LogP contribution in [0.15, 0.2) is 6.20 Å². The molecule has 6 nitrogen and oxygen atoms in total. The van der Waals surface area contributed by atoms with Crippen molar-refractivity contribution >= 4 is 11.8 Å². The van der Waals surface area contributed by atoms with E-state index in [4.69, 9.17) is 5.73 Å². The van der Waals surface area contributed by atoms with Crippen LogP contribution in [0.1, 0.15) is 42.6 Å². The number of carbonyl (C=O) groups excluding carboxylic acids is 2. The second-order valence-electron chi connectivity index (χ2n) is 5.76. The zero-order valence-electron chi connectivity index (χ0n) is 11.4. The average molecular weight is 262 g/mol. The van der Waals surface area contributed by atoms with Crippen LogP contribution in [-0.2, 0) is 17.8 Å². The zero-order valence-corrected chi connectivity index (χ0v) is 11.4. The van der Waals surface area contributed by atoms with Crippen molar-refractivity contribution in [3.8, 4) is 0 Å². The van der Waals surface area contributed by atoms with E-state index in [0.717, 1.165) is 5.56 Å². The summed E-state index contributed by atoms with van der Waals surface area (Å²) in [6, 6.07) is 0. The summed E-state index contributed by atoms with van der Waals surface area (Å²) in [6.45, 7) is 6.73. The van der Waals surface area contributed by atoms with Gasteiger partial charge in [-0.3, -0.25) is 9.59 Å². The lowest BCUT2D eigenvalue weighted by molar-refractivity contribution is -0.140. The molecule has 0 radical (unpaired) electrons. The number of hydrogen-bond acceptors (Lipinski definition) is 4. The molecular formula is C13H18N4O2. The van der Waals surface area contributed by atoms with Crippen molar-refractivity contribution < 1.29 is 9.59 Å². The third-order valence-corrected chi connectivity index (χ3v) is 3.10. The monoisotopic (exact) mass is 262 g/mol. The molecule has 2 N–H and O–H groups in total. The Morgan fingerprint density at radius 1 is 1.37 bits per heavy atom. The van der Waals surface area contributed by atoms with Gasteiger partial charge in [-0.15, -0.1) is 0 Å². The number of primary amides is 1. The lowest BCUT2D eigenvalue weighted by Gasteiger charge is -2.32. The Bertz CT molecular complexity index is 534. The topological polar surface area (TPSA) is 89.2 Å². The van der Waals surface area contributed by atoms with Crippen LogP contribution in [-0.4, -0.2) is 33.2 Å². The summed E-state index contributed by atoms with van der Waals surface area (Å²) in [5, 5.41) is 0. The second-order valence-corrected chi connectivity index (χ2v) is 5.76. The number of nitrogens with zero attached hydrogens (tertiary/aromatic N) is 3. The number of aromatic nitrogens is 2. The summed E-state index contributed by atoms with van der Waals surface area (Å²) in [7, 11) is 0. The molecule has 2 amide bonds. The fourth-order valence-electron chi connectivity index (χ4n) is 2.07. The molecule has 2 heterocycles. The molecule has 19 heavy (non-hydrogen) atoms. The van der Waals surface area contributed by atoms with E-state index < -0.39 is 11.3 Å². The van der Waals surface area contributed by atoms with Gasteiger partial charge in [0.25, 0.3) is 5.91 Å². The second kappa shape index (κ2) is 4.60. The molecule has 0 aliphatic carbocycles. The van der Waals surface area contributed by atoms with Crippen molar-refractivity contribution in [3.63, 3.8) is 0 Å². The Balaban J connectivity index is 2.25. The highest BCUT2D eigenvalue weighted by atomic mass is 16.2. The first-order valence-corrected chi connectivity index (χ1v) is 6.23. The van der Waals surface area contributed by atoms with Gasteiger partial charge in [0.05, 0.1) is 12.2 Å². The van der Waals surface area contributed by atoms with Crippen molar-refractivity contribution in [2.24, 2.45) is 11.1 Å². The van der Waals surface area contributed by atoms with Crippen LogP contribution in [0.5, 0.6) is 0 Å². The summed E-state index contributed by atoms with van der Waals surface area (Å²) in [4.78, 5) is 33.2. The summed E-state index contributed by atoms with van der Waals surface area (Å²) < 4.78 is 0. The minimum Gasteiger partial charge on any atom is -0.363 e. The molecule has 1 aromatic heterocycles. The van der Waals surface area contributed by atoms with Crippen molar-refractivity contribution in [1.82, 2.24) is 14.9 Å². The summed E-state index contributed by atoms with van der Waals surface area (Å²) in [5.41, 5.74) is 6.44. The maximum absolute atomic E-state index is 12.2. The highest BCUT2D eigenvalue weighted by molar-refractivity contribution is 5.88. The molecule has 0 fully saturated rings. The van der Waals surface area contributed by atoms with Crippen LogP contribution in [0.25, 0.3) is 0 Å². The zero-order chi connectivity index (χ0) is 14.2. The van der Waals surface area contributed by atoms with Crippen molar-refractivity contribution in [2.75, 3.05) is 6.54 Å². The van der Waals surface area contributed by atoms with Crippen LogP contribution >= 0.6 is 0 Å². The van der Waals surface area contributed by atoms with E-state index in [-0.39, 0.29) is 11.7 Å². The first-order valence-electron chi connectivity index (χ1n) is 6.23. The van der Waals surface area contributed by atoms with E-state index in [1.165, 1.54) is 0 Å². The molecule has 0 atom stereocenters. The molecule has 0 saturated carbocycles. The molecule has 0 aromatic carbocycles. The maximum atomic E-state index is 12.2. The van der Waals surface area contributed by atoms with E-state index in [2.05, 4.69) is 9.97 Å². The number of hydrogen-bond donors (Lipinski definition) is 1. The summed E-state index contributed by atoms with van der Waals surface area (Å²) in [5.74, 6) is -0.566. The van der Waals surface area contributed by atoms with E-state index in [9.17, 15) is 9.59 Å². The van der Waals surface area contributed by atoms with Gasteiger partial charge in [0.2, 0.25) is 11.7 Å². The van der Waals surface area contributed by atoms with Gasteiger partial charge in [0, 0.05) is 18.2 Å². The van der Waals surface area contributed by atoms with E-state index in [1.54, 1.807) is 11.1 Å². The van der Waals surface area contributed by atoms with E-state index in [0.29, 0.717) is 25.2 Å². The van der Waals surface area contributed by atoms with Gasteiger partial charge in [0.1, 0.15) is 0 Å². The smallest absolute Gasteiger partial charge is 0.286 e. The Labute approximate surface area is 112 Å². The molecular weight excluding hydrogens is 244 g/mol. The predicted molar refractivity (Wildman–Crippen MR) is 69.1 cm³/mol. The van der Waals surface area contributed by atoms with Crippen LogP contribution in [0.4, 0.5) is 0 Å². The van der Waals surface area contributed by atoms with Crippen molar-refractivity contribution in [1.29, 1.82) is 0 Å². The molecule has 0 saturated heterocycles. The third kappa shape index (κ3) is 2.72. The van der Waals surface area contributed by atoms with Gasteiger partial charge < -0.3 is 10.6 Å². The van der Waals surface area contributed by atoms with Gasteiger partial charge in [-0.1, -0.05) is 20.8 Å². The summed E-state index contributed by atoms with van der Waals surface area (Å²) in [6.07, 6.45) is 2.33. The summed E-state index contributed by atoms with van der Waals surface area (Å²) >= 11 is 0.